The highest BCUT2D eigenvalue weighted by atomic mass is 16.2. The number of aryl methyl sites for hydroxylation is 1. The molecule has 0 spiro atoms. The van der Waals surface area contributed by atoms with Crippen LogP contribution < -0.4 is 16.4 Å². The number of carbonyl (C=O) groups excluding carboxylic acids is 2. The highest BCUT2D eigenvalue weighted by molar-refractivity contribution is 5.97. The average Bonchev–Trinajstić information content (AvgIpc) is 2.28. The van der Waals surface area contributed by atoms with Gasteiger partial charge in [0.15, 0.2) is 0 Å². The van der Waals surface area contributed by atoms with E-state index in [1.165, 1.54) is 0 Å². The summed E-state index contributed by atoms with van der Waals surface area (Å²) in [4.78, 5) is 22.0. The van der Waals surface area contributed by atoms with Crippen molar-refractivity contribution in [1.29, 1.82) is 0 Å². The first-order valence-electron chi connectivity index (χ1n) is 5.49. The van der Waals surface area contributed by atoms with Crippen LogP contribution >= 0.6 is 0 Å². The summed E-state index contributed by atoms with van der Waals surface area (Å²) in [5.74, 6) is -0.441. The molecule has 17 heavy (non-hydrogen) atoms. The third-order valence-corrected chi connectivity index (χ3v) is 2.41. The van der Waals surface area contributed by atoms with Gasteiger partial charge < -0.3 is 11.1 Å². The van der Waals surface area contributed by atoms with Crippen LogP contribution in [0.25, 0.3) is 0 Å². The Morgan fingerprint density at radius 2 is 2.00 bits per heavy atom. The molecule has 0 saturated heterocycles. The lowest BCUT2D eigenvalue weighted by Crippen LogP contribution is -2.43. The van der Waals surface area contributed by atoms with Crippen LogP contribution in [0.1, 0.15) is 19.4 Å². The van der Waals surface area contributed by atoms with E-state index >= 15 is 0 Å². The summed E-state index contributed by atoms with van der Waals surface area (Å²) < 4.78 is 0. The van der Waals surface area contributed by atoms with Crippen molar-refractivity contribution in [2.24, 2.45) is 5.73 Å². The zero-order valence-electron chi connectivity index (χ0n) is 9.99. The molecule has 3 amide bonds. The molecule has 0 aliphatic heterocycles. The number of anilines is 1. The molecule has 5 nitrogen and oxygen atoms in total. The first-order chi connectivity index (χ1) is 8.04. The minimum absolute atomic E-state index is 0.441. The van der Waals surface area contributed by atoms with Crippen LogP contribution in [0.4, 0.5) is 10.5 Å². The minimum Gasteiger partial charge on any atom is -0.374 e. The fraction of sp³-hybridized carbons (Fsp3) is 0.333. The summed E-state index contributed by atoms with van der Waals surface area (Å²) in [5.41, 5.74) is 6.89. The Morgan fingerprint density at radius 1 is 1.35 bits per heavy atom. The van der Waals surface area contributed by atoms with Crippen molar-refractivity contribution in [2.45, 2.75) is 26.3 Å². The number of benzene rings is 1. The Hall–Kier alpha value is -2.04. The Kier molecular flexibility index (Phi) is 4.51. The number of imide groups is 1. The van der Waals surface area contributed by atoms with Crippen molar-refractivity contribution in [1.82, 2.24) is 5.32 Å². The highest BCUT2D eigenvalue weighted by Gasteiger charge is 2.14. The molecule has 0 aromatic heterocycles. The lowest BCUT2D eigenvalue weighted by atomic mass is 10.1. The molecule has 4 N–H and O–H groups in total. The zero-order chi connectivity index (χ0) is 12.8. The van der Waals surface area contributed by atoms with Crippen LogP contribution in [0.2, 0.25) is 0 Å². The quantitative estimate of drug-likeness (QED) is 0.734. The fourth-order valence-electron chi connectivity index (χ4n) is 1.50. The number of nitrogens with one attached hydrogen (secondary N) is 2. The summed E-state index contributed by atoms with van der Waals surface area (Å²) in [6.07, 6.45) is 0.868. The number of hydrogen-bond donors (Lipinski definition) is 3. The molecule has 1 aromatic carbocycles. The summed E-state index contributed by atoms with van der Waals surface area (Å²) in [6, 6.07) is 6.36. The van der Waals surface area contributed by atoms with Gasteiger partial charge in [-0.15, -0.1) is 0 Å². The van der Waals surface area contributed by atoms with E-state index in [2.05, 4.69) is 5.32 Å². The van der Waals surface area contributed by atoms with E-state index in [0.717, 1.165) is 17.7 Å². The third-order valence-electron chi connectivity index (χ3n) is 2.41. The normalized spacial score (nSPS) is 11.6. The molecule has 0 bridgehead atoms. The van der Waals surface area contributed by atoms with Crippen molar-refractivity contribution in [3.8, 4) is 0 Å². The lowest BCUT2D eigenvalue weighted by molar-refractivity contribution is -0.120. The van der Waals surface area contributed by atoms with E-state index in [4.69, 9.17) is 5.73 Å². The van der Waals surface area contributed by atoms with Gasteiger partial charge in [-0.3, -0.25) is 10.1 Å². The average molecular weight is 235 g/mol. The van der Waals surface area contributed by atoms with E-state index in [1.807, 2.05) is 36.5 Å². The number of carbonyl (C=O) groups is 2. The topological polar surface area (TPSA) is 84.2 Å². The highest BCUT2D eigenvalue weighted by Crippen LogP contribution is 2.16. The monoisotopic (exact) mass is 235 g/mol. The second kappa shape index (κ2) is 5.89. The maximum atomic E-state index is 11.5. The van der Waals surface area contributed by atoms with Gasteiger partial charge in [-0.1, -0.05) is 25.1 Å². The fourth-order valence-corrected chi connectivity index (χ4v) is 1.50. The van der Waals surface area contributed by atoms with Gasteiger partial charge in [0, 0.05) is 5.69 Å². The van der Waals surface area contributed by atoms with E-state index in [1.54, 1.807) is 6.92 Å². The van der Waals surface area contributed by atoms with E-state index in [0.29, 0.717) is 0 Å². The molecule has 0 unspecified atom stereocenters. The summed E-state index contributed by atoms with van der Waals surface area (Å²) in [7, 11) is 0. The molecule has 0 aliphatic rings. The maximum absolute atomic E-state index is 11.5. The van der Waals surface area contributed by atoms with E-state index in [-0.39, 0.29) is 0 Å². The number of rotatable bonds is 4. The largest absolute Gasteiger partial charge is 0.374 e. The molecular weight excluding hydrogens is 218 g/mol. The SMILES string of the molecule is CCc1ccccc1N[C@H](C)C(=O)NC(N)=O. The molecule has 0 heterocycles. The van der Waals surface area contributed by atoms with E-state index < -0.39 is 18.0 Å². The lowest BCUT2D eigenvalue weighted by Gasteiger charge is -2.16. The molecule has 0 radical (unpaired) electrons. The summed E-state index contributed by atoms with van der Waals surface area (Å²) in [5, 5.41) is 5.08. The van der Waals surface area contributed by atoms with Crippen molar-refractivity contribution < 1.29 is 9.59 Å². The molecule has 0 aliphatic carbocycles. The first kappa shape index (κ1) is 13.0. The maximum Gasteiger partial charge on any atom is 0.318 e. The van der Waals surface area contributed by atoms with Crippen LogP contribution in [-0.4, -0.2) is 18.0 Å². The van der Waals surface area contributed by atoms with Gasteiger partial charge in [-0.2, -0.15) is 0 Å². The minimum atomic E-state index is -0.840. The molecule has 92 valence electrons. The number of urea groups is 1. The Labute approximate surface area is 100 Å². The van der Waals surface area contributed by atoms with E-state index in [9.17, 15) is 9.59 Å². The van der Waals surface area contributed by atoms with Crippen molar-refractivity contribution in [3.63, 3.8) is 0 Å². The van der Waals surface area contributed by atoms with Gasteiger partial charge in [0.1, 0.15) is 6.04 Å². The van der Waals surface area contributed by atoms with Gasteiger partial charge in [0.05, 0.1) is 0 Å². The Bertz CT molecular complexity index is 418. The standard InChI is InChI=1S/C12H17N3O2/c1-3-9-6-4-5-7-10(9)14-8(2)11(16)15-12(13)17/h4-8,14H,3H2,1-2H3,(H3,13,15,16,17)/t8-/m1/s1. The number of hydrogen-bond acceptors (Lipinski definition) is 3. The second-order valence-corrected chi connectivity index (χ2v) is 3.73. The summed E-state index contributed by atoms with van der Waals surface area (Å²) in [6.45, 7) is 3.71. The summed E-state index contributed by atoms with van der Waals surface area (Å²) >= 11 is 0. The van der Waals surface area contributed by atoms with Gasteiger partial charge in [-0.25, -0.2) is 4.79 Å². The molecule has 1 rings (SSSR count). The van der Waals surface area contributed by atoms with Crippen molar-refractivity contribution >= 4 is 17.6 Å². The number of amides is 3. The molecule has 0 saturated carbocycles. The van der Waals surface area contributed by atoms with Gasteiger partial charge in [0.2, 0.25) is 5.91 Å². The smallest absolute Gasteiger partial charge is 0.318 e. The van der Waals surface area contributed by atoms with Crippen LogP contribution in [-0.2, 0) is 11.2 Å². The first-order valence-corrected chi connectivity index (χ1v) is 5.49. The predicted molar refractivity (Wildman–Crippen MR) is 66.6 cm³/mol. The second-order valence-electron chi connectivity index (χ2n) is 3.73. The van der Waals surface area contributed by atoms with Gasteiger partial charge >= 0.3 is 6.03 Å². The van der Waals surface area contributed by atoms with Crippen LogP contribution in [0.5, 0.6) is 0 Å². The van der Waals surface area contributed by atoms with Crippen LogP contribution in [0, 0.1) is 0 Å². The molecule has 5 heteroatoms. The number of nitrogens with two attached hydrogens (primary N) is 1. The Morgan fingerprint density at radius 3 is 2.59 bits per heavy atom. The third kappa shape index (κ3) is 3.79. The number of para-hydroxylation sites is 1. The van der Waals surface area contributed by atoms with Gasteiger partial charge in [-0.05, 0) is 25.0 Å². The van der Waals surface area contributed by atoms with Crippen LogP contribution in [0.3, 0.4) is 0 Å². The van der Waals surface area contributed by atoms with Gasteiger partial charge in [0.25, 0.3) is 0 Å². The molecule has 0 fully saturated rings. The van der Waals surface area contributed by atoms with Crippen molar-refractivity contribution in [3.05, 3.63) is 29.8 Å². The molecular formula is C12H17N3O2. The zero-order valence-corrected chi connectivity index (χ0v) is 9.99. The molecule has 1 aromatic rings. The van der Waals surface area contributed by atoms with Crippen LogP contribution in [0.15, 0.2) is 24.3 Å². The number of primary amides is 1. The predicted octanol–water partition coefficient (Wildman–Crippen LogP) is 1.24. The molecule has 1 atom stereocenters. The Balaban J connectivity index is 2.70. The van der Waals surface area contributed by atoms with Crippen molar-refractivity contribution in [2.75, 3.05) is 5.32 Å².